The Labute approximate surface area is 173 Å². The van der Waals surface area contributed by atoms with Gasteiger partial charge in [-0.05, 0) is 60.5 Å². The number of esters is 1. The summed E-state index contributed by atoms with van der Waals surface area (Å²) in [6.07, 6.45) is 5.07. The first-order chi connectivity index (χ1) is 14.5. The average Bonchev–Trinajstić information content (AvgIpc) is 3.07. The molecule has 3 aromatic rings. The third kappa shape index (κ3) is 3.93. The van der Waals surface area contributed by atoms with Gasteiger partial charge in [-0.1, -0.05) is 12.1 Å². The summed E-state index contributed by atoms with van der Waals surface area (Å²) in [5.41, 5.74) is 2.67. The number of fused-ring (bicyclic) bond motifs is 1. The van der Waals surface area contributed by atoms with Crippen molar-refractivity contribution in [2.45, 2.75) is 13.3 Å². The highest BCUT2D eigenvalue weighted by molar-refractivity contribution is 6.15. The predicted octanol–water partition coefficient (Wildman–Crippen LogP) is 4.16. The lowest BCUT2D eigenvalue weighted by Crippen LogP contribution is -2.12. The van der Waals surface area contributed by atoms with Gasteiger partial charge in [0, 0.05) is 18.0 Å². The molecule has 0 saturated heterocycles. The fraction of sp³-hybridized carbons (Fsp3) is 0.125. The Morgan fingerprint density at radius 3 is 2.50 bits per heavy atom. The van der Waals surface area contributed by atoms with Crippen molar-refractivity contribution in [1.82, 2.24) is 4.98 Å². The number of hydrogen-bond acceptors (Lipinski definition) is 6. The molecule has 6 heteroatoms. The highest BCUT2D eigenvalue weighted by Gasteiger charge is 2.30. The SMILES string of the molecule is COc1ccc(CC(=O)Oc2ccc3c(c2C)O/C(=C\c2ccncc2)C3=O)cc1. The van der Waals surface area contributed by atoms with Gasteiger partial charge in [-0.3, -0.25) is 14.6 Å². The molecule has 1 aromatic heterocycles. The molecule has 4 rings (SSSR count). The second-order valence-corrected chi connectivity index (χ2v) is 6.78. The van der Waals surface area contributed by atoms with Gasteiger partial charge < -0.3 is 14.2 Å². The van der Waals surface area contributed by atoms with Gasteiger partial charge in [0.25, 0.3) is 0 Å². The molecule has 0 fully saturated rings. The molecule has 0 aliphatic carbocycles. The lowest BCUT2D eigenvalue weighted by Gasteiger charge is -2.10. The molecule has 1 aliphatic rings. The Balaban J connectivity index is 1.51. The van der Waals surface area contributed by atoms with E-state index in [1.54, 1.807) is 68.9 Å². The molecule has 0 saturated carbocycles. The van der Waals surface area contributed by atoms with E-state index in [4.69, 9.17) is 14.2 Å². The zero-order chi connectivity index (χ0) is 21.1. The van der Waals surface area contributed by atoms with Gasteiger partial charge >= 0.3 is 5.97 Å². The second-order valence-electron chi connectivity index (χ2n) is 6.78. The van der Waals surface area contributed by atoms with Crippen LogP contribution >= 0.6 is 0 Å². The Kier molecular flexibility index (Phi) is 5.30. The van der Waals surface area contributed by atoms with Crippen LogP contribution in [-0.4, -0.2) is 23.8 Å². The number of ether oxygens (including phenoxy) is 3. The van der Waals surface area contributed by atoms with Crippen LogP contribution in [0.5, 0.6) is 17.2 Å². The van der Waals surface area contributed by atoms with Crippen LogP contribution in [0.2, 0.25) is 0 Å². The number of rotatable bonds is 5. The van der Waals surface area contributed by atoms with Gasteiger partial charge in [0.2, 0.25) is 5.78 Å². The third-order valence-corrected chi connectivity index (χ3v) is 4.77. The van der Waals surface area contributed by atoms with E-state index >= 15 is 0 Å². The monoisotopic (exact) mass is 401 g/mol. The fourth-order valence-electron chi connectivity index (χ4n) is 3.16. The number of carbonyl (C=O) groups is 2. The van der Waals surface area contributed by atoms with Crippen LogP contribution in [0.3, 0.4) is 0 Å². The summed E-state index contributed by atoms with van der Waals surface area (Å²) in [5.74, 6) is 1.11. The van der Waals surface area contributed by atoms with Crippen molar-refractivity contribution in [3.05, 3.63) is 88.9 Å². The number of ketones is 1. The number of hydrogen-bond donors (Lipinski definition) is 0. The normalized spacial score (nSPS) is 13.7. The zero-order valence-corrected chi connectivity index (χ0v) is 16.5. The minimum Gasteiger partial charge on any atom is -0.497 e. The van der Waals surface area contributed by atoms with E-state index in [0.29, 0.717) is 22.6 Å². The zero-order valence-electron chi connectivity index (χ0n) is 16.5. The van der Waals surface area contributed by atoms with E-state index in [-0.39, 0.29) is 18.0 Å². The molecule has 0 radical (unpaired) electrons. The third-order valence-electron chi connectivity index (χ3n) is 4.77. The topological polar surface area (TPSA) is 74.7 Å². The van der Waals surface area contributed by atoms with Crippen molar-refractivity contribution in [1.29, 1.82) is 0 Å². The molecule has 0 bridgehead atoms. The first-order valence-corrected chi connectivity index (χ1v) is 9.36. The molecule has 6 nitrogen and oxygen atoms in total. The van der Waals surface area contributed by atoms with Crippen LogP contribution in [0, 0.1) is 6.92 Å². The second kappa shape index (κ2) is 8.21. The maximum atomic E-state index is 12.7. The minimum absolute atomic E-state index is 0.119. The molecular weight excluding hydrogens is 382 g/mol. The molecule has 0 spiro atoms. The van der Waals surface area contributed by atoms with Gasteiger partial charge in [0.05, 0.1) is 19.1 Å². The fourth-order valence-corrected chi connectivity index (χ4v) is 3.16. The van der Waals surface area contributed by atoms with E-state index in [9.17, 15) is 9.59 Å². The minimum atomic E-state index is -0.403. The summed E-state index contributed by atoms with van der Waals surface area (Å²) in [4.78, 5) is 29.0. The van der Waals surface area contributed by atoms with Crippen LogP contribution in [-0.2, 0) is 11.2 Å². The van der Waals surface area contributed by atoms with Crippen molar-refractivity contribution in [3.63, 3.8) is 0 Å². The molecule has 30 heavy (non-hydrogen) atoms. The Hall–Kier alpha value is -3.93. The van der Waals surface area contributed by atoms with Crippen LogP contribution < -0.4 is 14.2 Å². The number of allylic oxidation sites excluding steroid dienone is 1. The van der Waals surface area contributed by atoms with Crippen molar-refractivity contribution >= 4 is 17.8 Å². The Morgan fingerprint density at radius 1 is 1.07 bits per heavy atom. The quantitative estimate of drug-likeness (QED) is 0.363. The lowest BCUT2D eigenvalue weighted by molar-refractivity contribution is -0.133. The number of carbonyl (C=O) groups excluding carboxylic acids is 2. The first-order valence-electron chi connectivity index (χ1n) is 9.36. The maximum absolute atomic E-state index is 12.7. The highest BCUT2D eigenvalue weighted by atomic mass is 16.5. The number of aromatic nitrogens is 1. The molecule has 0 atom stereocenters. The van der Waals surface area contributed by atoms with Gasteiger partial charge in [0.1, 0.15) is 17.2 Å². The van der Waals surface area contributed by atoms with E-state index < -0.39 is 5.97 Å². The number of methoxy groups -OCH3 is 1. The molecule has 2 heterocycles. The van der Waals surface area contributed by atoms with Gasteiger partial charge in [-0.2, -0.15) is 0 Å². The van der Waals surface area contributed by atoms with E-state index in [0.717, 1.165) is 16.9 Å². The number of benzene rings is 2. The number of pyridine rings is 1. The van der Waals surface area contributed by atoms with E-state index in [1.807, 2.05) is 12.1 Å². The lowest BCUT2D eigenvalue weighted by atomic mass is 10.1. The summed E-state index contributed by atoms with van der Waals surface area (Å²) in [6.45, 7) is 1.76. The van der Waals surface area contributed by atoms with Crippen LogP contribution in [0.25, 0.3) is 6.08 Å². The van der Waals surface area contributed by atoms with Crippen molar-refractivity contribution in [3.8, 4) is 17.2 Å². The molecule has 0 amide bonds. The predicted molar refractivity (Wildman–Crippen MR) is 111 cm³/mol. The van der Waals surface area contributed by atoms with Crippen molar-refractivity contribution < 1.29 is 23.8 Å². The van der Waals surface area contributed by atoms with Gasteiger partial charge in [-0.25, -0.2) is 0 Å². The van der Waals surface area contributed by atoms with E-state index in [2.05, 4.69) is 4.98 Å². The van der Waals surface area contributed by atoms with E-state index in [1.165, 1.54) is 0 Å². The summed E-state index contributed by atoms with van der Waals surface area (Å²) in [7, 11) is 1.59. The standard InChI is InChI=1S/C24H19NO5/c1-15-20(29-22(26)14-16-3-5-18(28-2)6-4-16)8-7-19-23(27)21(30-24(15)19)13-17-9-11-25-12-10-17/h3-13H,14H2,1-2H3/b21-13-. The van der Waals surface area contributed by atoms with Crippen LogP contribution in [0.4, 0.5) is 0 Å². The summed E-state index contributed by atoms with van der Waals surface area (Å²) >= 11 is 0. The molecule has 0 N–H and O–H groups in total. The van der Waals surface area contributed by atoms with Crippen molar-refractivity contribution in [2.24, 2.45) is 0 Å². The smallest absolute Gasteiger partial charge is 0.315 e. The Morgan fingerprint density at radius 2 is 1.80 bits per heavy atom. The van der Waals surface area contributed by atoms with Crippen molar-refractivity contribution in [2.75, 3.05) is 7.11 Å². The van der Waals surface area contributed by atoms with Crippen LogP contribution in [0.1, 0.15) is 27.0 Å². The molecule has 2 aromatic carbocycles. The van der Waals surface area contributed by atoms with Gasteiger partial charge in [0.15, 0.2) is 5.76 Å². The highest BCUT2D eigenvalue weighted by Crippen LogP contribution is 2.39. The molecular formula is C24H19NO5. The first kappa shape index (κ1) is 19.4. The van der Waals surface area contributed by atoms with Crippen LogP contribution in [0.15, 0.2) is 66.7 Å². The molecule has 150 valence electrons. The maximum Gasteiger partial charge on any atom is 0.315 e. The summed E-state index contributed by atoms with van der Waals surface area (Å²) in [5, 5.41) is 0. The summed E-state index contributed by atoms with van der Waals surface area (Å²) in [6, 6.07) is 14.0. The average molecular weight is 401 g/mol. The number of nitrogens with zero attached hydrogens (tertiary/aromatic N) is 1. The van der Waals surface area contributed by atoms with Gasteiger partial charge in [-0.15, -0.1) is 0 Å². The number of Topliss-reactive ketones (excluding diaryl/α,β-unsaturated/α-hetero) is 1. The largest absolute Gasteiger partial charge is 0.497 e. The summed E-state index contributed by atoms with van der Waals surface area (Å²) < 4.78 is 16.5. The molecule has 0 unspecified atom stereocenters. The Bertz CT molecular complexity index is 1130. The molecule has 1 aliphatic heterocycles.